The Kier molecular flexibility index (Phi) is 6.67. The molecule has 28 heavy (non-hydrogen) atoms. The lowest BCUT2D eigenvalue weighted by atomic mass is 10.0. The SMILES string of the molecule is C[C@@H]1CCCN(CCCNC(=O)CCn2c(=O)c(=O)n(C)c3ccccc32)C1. The number of nitrogens with one attached hydrogen (secondary N) is 1. The number of hydrogen-bond donors (Lipinski definition) is 1. The first-order valence-corrected chi connectivity index (χ1v) is 10.1. The Morgan fingerprint density at radius 1 is 1.14 bits per heavy atom. The smallest absolute Gasteiger partial charge is 0.316 e. The van der Waals surface area contributed by atoms with Gasteiger partial charge in [0.05, 0.1) is 11.0 Å². The Hall–Kier alpha value is -2.41. The summed E-state index contributed by atoms with van der Waals surface area (Å²) in [5.74, 6) is 0.665. The summed E-state index contributed by atoms with van der Waals surface area (Å²) in [5, 5.41) is 2.93. The Morgan fingerprint density at radius 2 is 1.89 bits per heavy atom. The summed E-state index contributed by atoms with van der Waals surface area (Å²) in [6.07, 6.45) is 3.67. The van der Waals surface area contributed by atoms with Gasteiger partial charge in [-0.2, -0.15) is 0 Å². The minimum Gasteiger partial charge on any atom is -0.356 e. The van der Waals surface area contributed by atoms with Crippen LogP contribution in [0.25, 0.3) is 11.0 Å². The van der Waals surface area contributed by atoms with Crippen molar-refractivity contribution in [2.45, 2.75) is 39.2 Å². The highest BCUT2D eigenvalue weighted by atomic mass is 16.2. The number of carbonyl (C=O) groups excluding carboxylic acids is 1. The number of fused-ring (bicyclic) bond motifs is 1. The second kappa shape index (κ2) is 9.19. The van der Waals surface area contributed by atoms with Crippen molar-refractivity contribution in [1.82, 2.24) is 19.4 Å². The number of aryl methyl sites for hydroxylation is 2. The van der Waals surface area contributed by atoms with Crippen LogP contribution in [0.1, 0.15) is 32.6 Å². The highest BCUT2D eigenvalue weighted by Crippen LogP contribution is 2.15. The monoisotopic (exact) mass is 386 g/mol. The van der Waals surface area contributed by atoms with Gasteiger partial charge in [-0.3, -0.25) is 14.4 Å². The number of rotatable bonds is 7. The minimum atomic E-state index is -0.590. The first-order chi connectivity index (χ1) is 13.5. The molecule has 0 spiro atoms. The quantitative estimate of drug-likeness (QED) is 0.575. The van der Waals surface area contributed by atoms with Crippen molar-refractivity contribution in [3.63, 3.8) is 0 Å². The van der Waals surface area contributed by atoms with E-state index >= 15 is 0 Å². The maximum Gasteiger partial charge on any atom is 0.316 e. The van der Waals surface area contributed by atoms with Gasteiger partial charge >= 0.3 is 11.1 Å². The van der Waals surface area contributed by atoms with Crippen LogP contribution in [0.2, 0.25) is 0 Å². The molecular formula is C21H30N4O3. The van der Waals surface area contributed by atoms with E-state index in [1.807, 2.05) is 12.1 Å². The summed E-state index contributed by atoms with van der Waals surface area (Å²) < 4.78 is 2.77. The molecule has 0 unspecified atom stereocenters. The third kappa shape index (κ3) is 4.70. The average Bonchev–Trinajstić information content (AvgIpc) is 2.69. The molecule has 7 heteroatoms. The molecule has 3 rings (SSSR count). The van der Waals surface area contributed by atoms with Crippen LogP contribution in [-0.2, 0) is 18.4 Å². The zero-order valence-electron chi connectivity index (χ0n) is 16.8. The summed E-state index contributed by atoms with van der Waals surface area (Å²) in [4.78, 5) is 39.2. The van der Waals surface area contributed by atoms with Gasteiger partial charge in [0.2, 0.25) is 5.91 Å². The van der Waals surface area contributed by atoms with E-state index in [2.05, 4.69) is 17.1 Å². The predicted molar refractivity (Wildman–Crippen MR) is 111 cm³/mol. The van der Waals surface area contributed by atoms with Crippen LogP contribution in [-0.4, -0.2) is 46.1 Å². The molecule has 1 aliphatic heterocycles. The van der Waals surface area contributed by atoms with Gasteiger partial charge < -0.3 is 19.4 Å². The molecule has 2 aromatic rings. The van der Waals surface area contributed by atoms with E-state index in [9.17, 15) is 14.4 Å². The lowest BCUT2D eigenvalue weighted by molar-refractivity contribution is -0.121. The van der Waals surface area contributed by atoms with Crippen LogP contribution in [0.5, 0.6) is 0 Å². The molecule has 1 N–H and O–H groups in total. The van der Waals surface area contributed by atoms with E-state index in [4.69, 9.17) is 0 Å². The Morgan fingerprint density at radius 3 is 2.64 bits per heavy atom. The first-order valence-electron chi connectivity index (χ1n) is 10.1. The molecule has 1 atom stereocenters. The van der Waals surface area contributed by atoms with Gasteiger partial charge in [-0.25, -0.2) is 0 Å². The van der Waals surface area contributed by atoms with Gasteiger partial charge in [-0.15, -0.1) is 0 Å². The van der Waals surface area contributed by atoms with Crippen LogP contribution < -0.4 is 16.4 Å². The molecule has 0 radical (unpaired) electrons. The summed E-state index contributed by atoms with van der Waals surface area (Å²) in [6.45, 7) is 6.42. The topological polar surface area (TPSA) is 76.3 Å². The van der Waals surface area contributed by atoms with Crippen LogP contribution in [0.15, 0.2) is 33.9 Å². The molecule has 152 valence electrons. The maximum absolute atomic E-state index is 12.4. The molecule has 7 nitrogen and oxygen atoms in total. The fraction of sp³-hybridized carbons (Fsp3) is 0.571. The number of carbonyl (C=O) groups is 1. The molecule has 1 aromatic carbocycles. The fourth-order valence-corrected chi connectivity index (χ4v) is 4.00. The number of nitrogens with zero attached hydrogens (tertiary/aromatic N) is 3. The lowest BCUT2D eigenvalue weighted by Crippen LogP contribution is -2.41. The normalized spacial score (nSPS) is 17.7. The second-order valence-electron chi connectivity index (χ2n) is 7.81. The van der Waals surface area contributed by atoms with Crippen LogP contribution in [0.3, 0.4) is 0 Å². The van der Waals surface area contributed by atoms with Gasteiger partial charge in [-0.1, -0.05) is 19.1 Å². The molecule has 1 aromatic heterocycles. The summed E-state index contributed by atoms with van der Waals surface area (Å²) in [6, 6.07) is 7.25. The third-order valence-corrected chi connectivity index (χ3v) is 5.54. The molecule has 1 aliphatic rings. The molecule has 2 heterocycles. The molecule has 0 aliphatic carbocycles. The van der Waals surface area contributed by atoms with Crippen molar-refractivity contribution in [2.75, 3.05) is 26.2 Å². The number of hydrogen-bond acceptors (Lipinski definition) is 4. The van der Waals surface area contributed by atoms with E-state index < -0.39 is 11.1 Å². The van der Waals surface area contributed by atoms with Crippen molar-refractivity contribution in [1.29, 1.82) is 0 Å². The van der Waals surface area contributed by atoms with Gasteiger partial charge in [0.25, 0.3) is 0 Å². The van der Waals surface area contributed by atoms with E-state index in [1.165, 1.54) is 22.0 Å². The summed E-state index contributed by atoms with van der Waals surface area (Å²) in [7, 11) is 1.59. The van der Waals surface area contributed by atoms with Gasteiger partial charge in [0.15, 0.2) is 0 Å². The van der Waals surface area contributed by atoms with Crippen LogP contribution in [0.4, 0.5) is 0 Å². The van der Waals surface area contributed by atoms with E-state index in [-0.39, 0.29) is 18.9 Å². The van der Waals surface area contributed by atoms with Crippen molar-refractivity contribution in [3.8, 4) is 0 Å². The standard InChI is InChI=1S/C21H30N4O3/c1-16-7-5-12-24(15-16)13-6-11-22-19(26)10-14-25-18-9-4-3-8-17(18)23(2)20(27)21(25)28/h3-4,8-9,16H,5-7,10-15H2,1-2H3,(H,22,26)/t16-/m1/s1. The fourth-order valence-electron chi connectivity index (χ4n) is 4.00. The summed E-state index contributed by atoms with van der Waals surface area (Å²) in [5.41, 5.74) is 0.188. The number of aromatic nitrogens is 2. The van der Waals surface area contributed by atoms with Gasteiger partial charge in [-0.05, 0) is 50.4 Å². The van der Waals surface area contributed by atoms with Gasteiger partial charge in [0.1, 0.15) is 0 Å². The zero-order chi connectivity index (χ0) is 20.1. The largest absolute Gasteiger partial charge is 0.356 e. The number of piperidine rings is 1. The highest BCUT2D eigenvalue weighted by molar-refractivity contribution is 5.77. The van der Waals surface area contributed by atoms with Crippen molar-refractivity contribution in [2.24, 2.45) is 13.0 Å². The van der Waals surface area contributed by atoms with Crippen molar-refractivity contribution in [3.05, 3.63) is 45.0 Å². The number of para-hydroxylation sites is 2. The Labute approximate surface area is 165 Å². The third-order valence-electron chi connectivity index (χ3n) is 5.54. The lowest BCUT2D eigenvalue weighted by Gasteiger charge is -2.30. The summed E-state index contributed by atoms with van der Waals surface area (Å²) >= 11 is 0. The molecule has 0 bridgehead atoms. The molecular weight excluding hydrogens is 356 g/mol. The average molecular weight is 386 g/mol. The van der Waals surface area contributed by atoms with Crippen molar-refractivity contribution >= 4 is 16.9 Å². The molecule has 1 saturated heterocycles. The second-order valence-corrected chi connectivity index (χ2v) is 7.81. The van der Waals surface area contributed by atoms with Crippen LogP contribution in [0, 0.1) is 5.92 Å². The molecule has 0 saturated carbocycles. The Balaban J connectivity index is 1.52. The van der Waals surface area contributed by atoms with E-state index in [0.717, 1.165) is 32.0 Å². The molecule has 1 fully saturated rings. The van der Waals surface area contributed by atoms with E-state index in [0.29, 0.717) is 17.6 Å². The minimum absolute atomic E-state index is 0.0938. The maximum atomic E-state index is 12.4. The highest BCUT2D eigenvalue weighted by Gasteiger charge is 2.15. The first kappa shape index (κ1) is 20.3. The van der Waals surface area contributed by atoms with Crippen molar-refractivity contribution < 1.29 is 4.79 Å². The number of likely N-dealkylation sites (tertiary alicyclic amines) is 1. The number of benzene rings is 1. The Bertz CT molecular complexity index is 947. The zero-order valence-corrected chi connectivity index (χ0v) is 16.8. The van der Waals surface area contributed by atoms with Crippen LogP contribution >= 0.6 is 0 Å². The predicted octanol–water partition coefficient (Wildman–Crippen LogP) is 1.33. The van der Waals surface area contributed by atoms with Gasteiger partial charge in [0, 0.05) is 33.1 Å². The number of amides is 1. The van der Waals surface area contributed by atoms with E-state index in [1.54, 1.807) is 19.2 Å². The molecule has 1 amide bonds.